The van der Waals surface area contributed by atoms with Gasteiger partial charge in [-0.05, 0) is 32.3 Å². The van der Waals surface area contributed by atoms with E-state index in [1.165, 1.54) is 6.42 Å². The molecule has 1 saturated heterocycles. The lowest BCUT2D eigenvalue weighted by atomic mass is 10.1. The molecule has 0 N–H and O–H groups in total. The molecule has 0 atom stereocenters. The Hall–Kier alpha value is -1.16. The van der Waals surface area contributed by atoms with Gasteiger partial charge in [0.25, 0.3) is 0 Å². The van der Waals surface area contributed by atoms with Crippen molar-refractivity contribution >= 4 is 23.3 Å². The summed E-state index contributed by atoms with van der Waals surface area (Å²) < 4.78 is 0. The van der Waals surface area contributed by atoms with Crippen LogP contribution in [0.2, 0.25) is 0 Å². The van der Waals surface area contributed by atoms with Gasteiger partial charge in [-0.25, -0.2) is 4.98 Å². The summed E-state index contributed by atoms with van der Waals surface area (Å²) in [6.07, 6.45) is 6.96. The van der Waals surface area contributed by atoms with Gasteiger partial charge in [-0.3, -0.25) is 4.79 Å². The molecule has 16 heavy (non-hydrogen) atoms. The summed E-state index contributed by atoms with van der Waals surface area (Å²) in [5.41, 5.74) is 0.882. The fourth-order valence-corrected chi connectivity index (χ4v) is 2.41. The molecular formula is C12H16N2OS. The Morgan fingerprint density at radius 2 is 2.19 bits per heavy atom. The van der Waals surface area contributed by atoms with Crippen LogP contribution in [0.1, 0.15) is 30.0 Å². The lowest BCUT2D eigenvalue weighted by Crippen LogP contribution is -2.34. The number of amides is 1. The number of hydrogen-bond donors (Lipinski definition) is 0. The van der Waals surface area contributed by atoms with E-state index in [0.717, 1.165) is 36.6 Å². The maximum atomic E-state index is 11.8. The Bertz CT molecular complexity index is 391. The molecule has 0 unspecified atom stereocenters. The van der Waals surface area contributed by atoms with Gasteiger partial charge in [-0.1, -0.05) is 0 Å². The first-order valence-corrected chi connectivity index (χ1v) is 6.53. The number of hydrogen-bond acceptors (Lipinski definition) is 3. The van der Waals surface area contributed by atoms with E-state index in [9.17, 15) is 4.79 Å². The van der Waals surface area contributed by atoms with Gasteiger partial charge in [0.1, 0.15) is 0 Å². The zero-order chi connectivity index (χ0) is 11.4. The first-order valence-electron chi connectivity index (χ1n) is 5.65. The molecule has 3 nitrogen and oxygen atoms in total. The Labute approximate surface area is 99.8 Å². The van der Waals surface area contributed by atoms with Crippen LogP contribution in [0, 0.1) is 6.92 Å². The number of carbonyl (C=O) groups is 1. The standard InChI is InChI=1S/C12H16N2OS/c1-10-13-11(9-16-10)5-6-12(15)14-7-3-2-4-8-14/h5-6,9H,2-4,7-8H2,1H3/b6-5+. The zero-order valence-electron chi connectivity index (χ0n) is 9.48. The fraction of sp³-hybridized carbons (Fsp3) is 0.500. The molecular weight excluding hydrogens is 220 g/mol. The van der Waals surface area contributed by atoms with E-state index in [1.54, 1.807) is 23.5 Å². The minimum Gasteiger partial charge on any atom is -0.339 e. The number of piperidine rings is 1. The molecule has 0 radical (unpaired) electrons. The molecule has 0 aromatic carbocycles. The van der Waals surface area contributed by atoms with Crippen molar-refractivity contribution < 1.29 is 4.79 Å². The average molecular weight is 236 g/mol. The minimum absolute atomic E-state index is 0.116. The van der Waals surface area contributed by atoms with Crippen LogP contribution in [-0.2, 0) is 4.79 Å². The van der Waals surface area contributed by atoms with Gasteiger partial charge in [0.05, 0.1) is 10.7 Å². The summed E-state index contributed by atoms with van der Waals surface area (Å²) in [6, 6.07) is 0. The normalized spacial score (nSPS) is 16.9. The van der Waals surface area contributed by atoms with Crippen molar-refractivity contribution in [2.45, 2.75) is 26.2 Å². The number of aromatic nitrogens is 1. The number of likely N-dealkylation sites (tertiary alicyclic amines) is 1. The molecule has 2 heterocycles. The SMILES string of the molecule is Cc1nc(/C=C/C(=O)N2CCCCC2)cs1. The molecule has 1 fully saturated rings. The molecule has 1 amide bonds. The van der Waals surface area contributed by atoms with Crippen molar-refractivity contribution in [3.8, 4) is 0 Å². The third-order valence-corrected chi connectivity index (χ3v) is 3.49. The van der Waals surface area contributed by atoms with Gasteiger partial charge in [-0.2, -0.15) is 0 Å². The highest BCUT2D eigenvalue weighted by Crippen LogP contribution is 2.11. The monoisotopic (exact) mass is 236 g/mol. The third kappa shape index (κ3) is 2.92. The van der Waals surface area contributed by atoms with E-state index in [-0.39, 0.29) is 5.91 Å². The highest BCUT2D eigenvalue weighted by molar-refractivity contribution is 7.09. The molecule has 2 rings (SSSR count). The van der Waals surface area contributed by atoms with Gasteiger partial charge < -0.3 is 4.90 Å². The second-order valence-corrected chi connectivity index (χ2v) is 5.07. The largest absolute Gasteiger partial charge is 0.339 e. The summed E-state index contributed by atoms with van der Waals surface area (Å²) in [6.45, 7) is 3.77. The van der Waals surface area contributed by atoms with E-state index >= 15 is 0 Å². The summed E-state index contributed by atoms with van der Waals surface area (Å²) >= 11 is 1.60. The van der Waals surface area contributed by atoms with Gasteiger partial charge in [0.15, 0.2) is 0 Å². The van der Waals surface area contributed by atoms with Gasteiger partial charge >= 0.3 is 0 Å². The van der Waals surface area contributed by atoms with E-state index in [0.29, 0.717) is 0 Å². The van der Waals surface area contributed by atoms with Gasteiger partial charge in [-0.15, -0.1) is 11.3 Å². The van der Waals surface area contributed by atoms with Crippen molar-refractivity contribution in [3.63, 3.8) is 0 Å². The van der Waals surface area contributed by atoms with Crippen LogP contribution in [0.5, 0.6) is 0 Å². The summed E-state index contributed by atoms with van der Waals surface area (Å²) in [4.78, 5) is 18.0. The minimum atomic E-state index is 0.116. The zero-order valence-corrected chi connectivity index (χ0v) is 10.3. The number of nitrogens with zero attached hydrogens (tertiary/aromatic N) is 2. The second-order valence-electron chi connectivity index (χ2n) is 4.01. The fourth-order valence-electron chi connectivity index (χ4n) is 1.83. The van der Waals surface area contributed by atoms with Crippen molar-refractivity contribution in [2.75, 3.05) is 13.1 Å². The van der Waals surface area contributed by atoms with E-state index in [4.69, 9.17) is 0 Å². The molecule has 86 valence electrons. The molecule has 0 aliphatic carbocycles. The average Bonchev–Trinajstić information content (AvgIpc) is 2.73. The predicted octanol–water partition coefficient (Wildman–Crippen LogP) is 2.48. The molecule has 0 bridgehead atoms. The van der Waals surface area contributed by atoms with Crippen LogP contribution in [0.3, 0.4) is 0 Å². The first-order chi connectivity index (χ1) is 7.75. The van der Waals surface area contributed by atoms with Crippen molar-refractivity contribution in [3.05, 3.63) is 22.2 Å². The topological polar surface area (TPSA) is 33.2 Å². The Balaban J connectivity index is 1.93. The van der Waals surface area contributed by atoms with Crippen LogP contribution in [0.15, 0.2) is 11.5 Å². The highest BCUT2D eigenvalue weighted by Gasteiger charge is 2.13. The van der Waals surface area contributed by atoms with E-state index < -0.39 is 0 Å². The van der Waals surface area contributed by atoms with Gasteiger partial charge in [0, 0.05) is 24.5 Å². The molecule has 0 saturated carbocycles. The molecule has 0 spiro atoms. The molecule has 1 aliphatic rings. The van der Waals surface area contributed by atoms with Crippen LogP contribution in [0.4, 0.5) is 0 Å². The van der Waals surface area contributed by atoms with Gasteiger partial charge in [0.2, 0.25) is 5.91 Å². The van der Waals surface area contributed by atoms with Crippen molar-refractivity contribution in [1.82, 2.24) is 9.88 Å². The molecule has 4 heteroatoms. The Morgan fingerprint density at radius 3 is 2.81 bits per heavy atom. The summed E-state index contributed by atoms with van der Waals surface area (Å²) in [5.74, 6) is 0.116. The smallest absolute Gasteiger partial charge is 0.246 e. The Kier molecular flexibility index (Phi) is 3.72. The predicted molar refractivity (Wildman–Crippen MR) is 66.3 cm³/mol. The lowest BCUT2D eigenvalue weighted by Gasteiger charge is -2.25. The third-order valence-electron chi connectivity index (χ3n) is 2.70. The highest BCUT2D eigenvalue weighted by atomic mass is 32.1. The molecule has 1 aromatic heterocycles. The van der Waals surface area contributed by atoms with Crippen LogP contribution >= 0.6 is 11.3 Å². The van der Waals surface area contributed by atoms with E-state index in [2.05, 4.69) is 4.98 Å². The number of rotatable bonds is 2. The van der Waals surface area contributed by atoms with Crippen LogP contribution < -0.4 is 0 Å². The lowest BCUT2D eigenvalue weighted by molar-refractivity contribution is -0.126. The maximum absolute atomic E-state index is 11.8. The first kappa shape index (κ1) is 11.3. The number of carbonyl (C=O) groups excluding carboxylic acids is 1. The quantitative estimate of drug-likeness (QED) is 0.739. The number of thiazole rings is 1. The number of aryl methyl sites for hydroxylation is 1. The van der Waals surface area contributed by atoms with Crippen LogP contribution in [-0.4, -0.2) is 28.9 Å². The molecule has 1 aromatic rings. The Morgan fingerprint density at radius 1 is 1.44 bits per heavy atom. The van der Waals surface area contributed by atoms with E-state index in [1.807, 2.05) is 17.2 Å². The summed E-state index contributed by atoms with van der Waals surface area (Å²) in [7, 11) is 0. The maximum Gasteiger partial charge on any atom is 0.246 e. The second kappa shape index (κ2) is 5.25. The van der Waals surface area contributed by atoms with Crippen molar-refractivity contribution in [2.24, 2.45) is 0 Å². The van der Waals surface area contributed by atoms with Crippen molar-refractivity contribution in [1.29, 1.82) is 0 Å². The molecule has 1 aliphatic heterocycles. The van der Waals surface area contributed by atoms with Crippen LogP contribution in [0.25, 0.3) is 6.08 Å². The summed E-state index contributed by atoms with van der Waals surface area (Å²) in [5, 5.41) is 3.00.